The fourth-order valence-electron chi connectivity index (χ4n) is 2.45. The second-order valence-corrected chi connectivity index (χ2v) is 8.19. The Balaban J connectivity index is 1.91. The van der Waals surface area contributed by atoms with Gasteiger partial charge in [-0.15, -0.1) is 11.3 Å². The number of hydrogen-bond acceptors (Lipinski definition) is 5. The van der Waals surface area contributed by atoms with Gasteiger partial charge in [0, 0.05) is 24.4 Å². The molecule has 0 aromatic carbocycles. The van der Waals surface area contributed by atoms with E-state index in [9.17, 15) is 5.11 Å². The predicted molar refractivity (Wildman–Crippen MR) is 108 cm³/mol. The van der Waals surface area contributed by atoms with E-state index in [-0.39, 0.29) is 0 Å². The maximum atomic E-state index is 10.6. The Hall–Kier alpha value is -1.44. The van der Waals surface area contributed by atoms with Gasteiger partial charge in [0.15, 0.2) is 5.96 Å². The average Bonchev–Trinajstić information content (AvgIpc) is 3.22. The SMILES string of the molecule is CCNC(=NCC(C)(O)c1ccsc1)NCCc1nc(CC)c(C)s1. The molecule has 0 spiro atoms. The van der Waals surface area contributed by atoms with Gasteiger partial charge in [-0.25, -0.2) is 9.98 Å². The summed E-state index contributed by atoms with van der Waals surface area (Å²) < 4.78 is 0. The highest BCUT2D eigenvalue weighted by Gasteiger charge is 2.23. The van der Waals surface area contributed by atoms with Crippen LogP contribution < -0.4 is 10.6 Å². The molecule has 0 bridgehead atoms. The van der Waals surface area contributed by atoms with E-state index in [1.165, 1.54) is 10.6 Å². The maximum Gasteiger partial charge on any atom is 0.191 e. The van der Waals surface area contributed by atoms with E-state index in [1.807, 2.05) is 23.8 Å². The summed E-state index contributed by atoms with van der Waals surface area (Å²) in [6, 6.07) is 1.94. The molecule has 7 heteroatoms. The molecule has 2 aromatic heterocycles. The second-order valence-electron chi connectivity index (χ2n) is 6.12. The molecule has 1 atom stereocenters. The second kappa shape index (κ2) is 9.31. The topological polar surface area (TPSA) is 69.5 Å². The van der Waals surface area contributed by atoms with E-state index in [2.05, 4.69) is 34.5 Å². The quantitative estimate of drug-likeness (QED) is 0.486. The summed E-state index contributed by atoms with van der Waals surface area (Å²) in [4.78, 5) is 10.5. The molecular formula is C18H28N4OS2. The first-order chi connectivity index (χ1) is 12.0. The lowest BCUT2D eigenvalue weighted by Crippen LogP contribution is -2.39. The van der Waals surface area contributed by atoms with Crippen molar-refractivity contribution in [2.75, 3.05) is 19.6 Å². The molecule has 2 heterocycles. The number of nitrogens with zero attached hydrogens (tertiary/aromatic N) is 2. The molecule has 25 heavy (non-hydrogen) atoms. The molecule has 0 radical (unpaired) electrons. The minimum atomic E-state index is -0.954. The van der Waals surface area contributed by atoms with Gasteiger partial charge in [-0.05, 0) is 49.6 Å². The molecule has 138 valence electrons. The fraction of sp³-hybridized carbons (Fsp3) is 0.556. The van der Waals surface area contributed by atoms with Crippen molar-refractivity contribution in [3.63, 3.8) is 0 Å². The summed E-state index contributed by atoms with van der Waals surface area (Å²) in [7, 11) is 0. The molecule has 1 unspecified atom stereocenters. The van der Waals surface area contributed by atoms with Crippen LogP contribution in [0.4, 0.5) is 0 Å². The minimum Gasteiger partial charge on any atom is -0.383 e. The van der Waals surface area contributed by atoms with Crippen molar-refractivity contribution in [1.29, 1.82) is 0 Å². The third-order valence-electron chi connectivity index (χ3n) is 3.94. The van der Waals surface area contributed by atoms with Crippen LogP contribution >= 0.6 is 22.7 Å². The van der Waals surface area contributed by atoms with E-state index in [1.54, 1.807) is 29.6 Å². The third kappa shape index (κ3) is 5.80. The molecule has 0 amide bonds. The molecule has 0 saturated heterocycles. The van der Waals surface area contributed by atoms with Crippen LogP contribution in [0.15, 0.2) is 21.8 Å². The molecule has 0 aliphatic heterocycles. The van der Waals surface area contributed by atoms with E-state index in [0.717, 1.165) is 42.5 Å². The third-order valence-corrected chi connectivity index (χ3v) is 5.69. The summed E-state index contributed by atoms with van der Waals surface area (Å²) in [6.45, 7) is 9.96. The van der Waals surface area contributed by atoms with Gasteiger partial charge in [0.05, 0.1) is 17.2 Å². The molecule has 0 aliphatic carbocycles. The molecule has 0 aliphatic rings. The predicted octanol–water partition coefficient (Wildman–Crippen LogP) is 3.08. The zero-order valence-corrected chi connectivity index (χ0v) is 17.1. The lowest BCUT2D eigenvalue weighted by molar-refractivity contribution is 0.0677. The van der Waals surface area contributed by atoms with Gasteiger partial charge in [-0.2, -0.15) is 11.3 Å². The average molecular weight is 381 g/mol. The van der Waals surface area contributed by atoms with Crippen molar-refractivity contribution in [2.45, 2.75) is 46.1 Å². The number of aryl methyl sites for hydroxylation is 2. The van der Waals surface area contributed by atoms with Crippen molar-refractivity contribution in [3.05, 3.63) is 38.0 Å². The summed E-state index contributed by atoms with van der Waals surface area (Å²) in [6.07, 6.45) is 1.86. The lowest BCUT2D eigenvalue weighted by atomic mass is 10.00. The van der Waals surface area contributed by atoms with Gasteiger partial charge in [0.1, 0.15) is 5.60 Å². The Labute approximate surface area is 158 Å². The van der Waals surface area contributed by atoms with Crippen molar-refractivity contribution in [1.82, 2.24) is 15.6 Å². The van der Waals surface area contributed by atoms with Crippen molar-refractivity contribution in [2.24, 2.45) is 4.99 Å². The van der Waals surface area contributed by atoms with E-state index >= 15 is 0 Å². The van der Waals surface area contributed by atoms with Crippen LogP contribution in [0.1, 0.15) is 41.9 Å². The van der Waals surface area contributed by atoms with Crippen LogP contribution in [0.25, 0.3) is 0 Å². The molecule has 2 rings (SSSR count). The summed E-state index contributed by atoms with van der Waals surface area (Å²) in [5.74, 6) is 0.724. The number of rotatable bonds is 8. The normalized spacial score (nSPS) is 14.4. The van der Waals surface area contributed by atoms with Crippen LogP contribution in [0.3, 0.4) is 0 Å². The Bertz CT molecular complexity index is 677. The van der Waals surface area contributed by atoms with Crippen LogP contribution in [0, 0.1) is 6.92 Å². The molecule has 0 saturated carbocycles. The minimum absolute atomic E-state index is 0.315. The van der Waals surface area contributed by atoms with Gasteiger partial charge >= 0.3 is 0 Å². The van der Waals surface area contributed by atoms with Crippen LogP contribution in [0.5, 0.6) is 0 Å². The number of thiazole rings is 1. The maximum absolute atomic E-state index is 10.6. The first-order valence-electron chi connectivity index (χ1n) is 8.68. The smallest absolute Gasteiger partial charge is 0.191 e. The zero-order valence-electron chi connectivity index (χ0n) is 15.4. The molecule has 2 aromatic rings. The Morgan fingerprint density at radius 2 is 2.16 bits per heavy atom. The number of guanidine groups is 1. The Morgan fingerprint density at radius 1 is 1.36 bits per heavy atom. The van der Waals surface area contributed by atoms with Gasteiger partial charge in [-0.3, -0.25) is 0 Å². The molecular weight excluding hydrogens is 352 g/mol. The van der Waals surface area contributed by atoms with Crippen molar-refractivity contribution < 1.29 is 5.11 Å². The number of aromatic nitrogens is 1. The van der Waals surface area contributed by atoms with Crippen molar-refractivity contribution in [3.8, 4) is 0 Å². The monoisotopic (exact) mass is 380 g/mol. The molecule has 0 fully saturated rings. The largest absolute Gasteiger partial charge is 0.383 e. The molecule has 3 N–H and O–H groups in total. The first kappa shape index (κ1) is 19.9. The van der Waals surface area contributed by atoms with Gasteiger partial charge < -0.3 is 15.7 Å². The van der Waals surface area contributed by atoms with Crippen LogP contribution in [-0.4, -0.2) is 35.7 Å². The number of aliphatic imine (C=N–C) groups is 1. The summed E-state index contributed by atoms with van der Waals surface area (Å²) in [5, 5.41) is 22.2. The zero-order chi connectivity index (χ0) is 18.3. The van der Waals surface area contributed by atoms with Crippen LogP contribution in [0.2, 0.25) is 0 Å². The van der Waals surface area contributed by atoms with Crippen LogP contribution in [-0.2, 0) is 18.4 Å². The van der Waals surface area contributed by atoms with E-state index in [0.29, 0.717) is 6.54 Å². The Kier molecular flexibility index (Phi) is 7.40. The number of aliphatic hydroxyl groups is 1. The lowest BCUT2D eigenvalue weighted by Gasteiger charge is -2.21. The van der Waals surface area contributed by atoms with Crippen molar-refractivity contribution >= 4 is 28.6 Å². The standard InChI is InChI=1S/C18H28N4OS2/c1-5-15-13(3)25-16(22-15)7-9-20-17(19-6-2)21-12-18(4,23)14-8-10-24-11-14/h8,10-11,23H,5-7,9,12H2,1-4H3,(H2,19,20,21). The van der Waals surface area contributed by atoms with E-state index < -0.39 is 5.60 Å². The fourth-order valence-corrected chi connectivity index (χ4v) is 4.25. The summed E-state index contributed by atoms with van der Waals surface area (Å²) >= 11 is 3.35. The first-order valence-corrected chi connectivity index (χ1v) is 10.4. The van der Waals surface area contributed by atoms with Gasteiger partial charge in [0.2, 0.25) is 0 Å². The highest BCUT2D eigenvalue weighted by molar-refractivity contribution is 7.11. The number of nitrogens with one attached hydrogen (secondary N) is 2. The van der Waals surface area contributed by atoms with Gasteiger partial charge in [-0.1, -0.05) is 6.92 Å². The molecule has 5 nitrogen and oxygen atoms in total. The van der Waals surface area contributed by atoms with Gasteiger partial charge in [0.25, 0.3) is 0 Å². The highest BCUT2D eigenvalue weighted by atomic mass is 32.1. The number of hydrogen-bond donors (Lipinski definition) is 3. The van der Waals surface area contributed by atoms with E-state index in [4.69, 9.17) is 0 Å². The summed E-state index contributed by atoms with van der Waals surface area (Å²) in [5.41, 5.74) is 1.15. The number of thiophene rings is 1. The Morgan fingerprint density at radius 3 is 2.76 bits per heavy atom. The highest BCUT2D eigenvalue weighted by Crippen LogP contribution is 2.23.